The first kappa shape index (κ1) is 12.2. The number of ketones is 1. The Morgan fingerprint density at radius 3 is 2.19 bits per heavy atom. The van der Waals surface area contributed by atoms with Crippen LogP contribution in [0.15, 0.2) is 6.07 Å². The fourth-order valence-electron chi connectivity index (χ4n) is 1.73. The summed E-state index contributed by atoms with van der Waals surface area (Å²) >= 11 is 0. The van der Waals surface area contributed by atoms with E-state index in [-0.39, 0.29) is 0 Å². The molecule has 0 aliphatic carbocycles. The van der Waals surface area contributed by atoms with Crippen LogP contribution < -0.4 is 10.5 Å². The van der Waals surface area contributed by atoms with Gasteiger partial charge in [0.15, 0.2) is 0 Å². The molecule has 0 bridgehead atoms. The normalized spacial score (nSPS) is 10.0. The van der Waals surface area contributed by atoms with Gasteiger partial charge in [-0.2, -0.15) is 0 Å². The molecule has 0 saturated carbocycles. The smallest absolute Gasteiger partial charge is 0.289 e. The molecule has 0 atom stereocenters. The number of carbonyl (C=O) groups is 2. The minimum atomic E-state index is -0.934. The second kappa shape index (κ2) is 4.35. The Bertz CT molecular complexity index is 464. The van der Waals surface area contributed by atoms with Crippen LogP contribution in [0.25, 0.3) is 0 Å². The van der Waals surface area contributed by atoms with E-state index in [0.29, 0.717) is 16.9 Å². The Labute approximate surface area is 94.4 Å². The van der Waals surface area contributed by atoms with E-state index in [0.717, 1.165) is 11.1 Å². The first-order valence-corrected chi connectivity index (χ1v) is 4.89. The van der Waals surface area contributed by atoms with Crippen molar-refractivity contribution in [1.82, 2.24) is 0 Å². The molecule has 86 valence electrons. The lowest BCUT2D eigenvalue weighted by Crippen LogP contribution is -2.25. The van der Waals surface area contributed by atoms with E-state index in [1.807, 2.05) is 6.92 Å². The SMILES string of the molecule is COc1cc(C)c(C(=O)C(N)=O)c(C)c1C. The molecule has 0 heterocycles. The second-order valence-corrected chi connectivity index (χ2v) is 3.71. The van der Waals surface area contributed by atoms with Crippen LogP contribution >= 0.6 is 0 Å². The number of primary amides is 1. The van der Waals surface area contributed by atoms with Gasteiger partial charge in [-0.3, -0.25) is 9.59 Å². The number of rotatable bonds is 3. The average molecular weight is 221 g/mol. The quantitative estimate of drug-likeness (QED) is 0.617. The largest absolute Gasteiger partial charge is 0.496 e. The van der Waals surface area contributed by atoms with Crippen molar-refractivity contribution < 1.29 is 14.3 Å². The molecule has 0 unspecified atom stereocenters. The standard InChI is InChI=1S/C12H15NO3/c1-6-5-9(16-4)7(2)8(3)10(6)11(14)12(13)15/h5H,1-4H3,(H2,13,15). The van der Waals surface area contributed by atoms with E-state index in [1.54, 1.807) is 27.0 Å². The minimum absolute atomic E-state index is 0.380. The summed E-state index contributed by atoms with van der Waals surface area (Å²) in [4.78, 5) is 22.5. The summed E-state index contributed by atoms with van der Waals surface area (Å²) in [5.41, 5.74) is 7.67. The zero-order valence-corrected chi connectivity index (χ0v) is 9.88. The molecule has 4 nitrogen and oxygen atoms in total. The van der Waals surface area contributed by atoms with E-state index in [2.05, 4.69) is 0 Å². The molecule has 1 aromatic rings. The number of aryl methyl sites for hydroxylation is 1. The molecule has 4 heteroatoms. The number of nitrogens with two attached hydrogens (primary N) is 1. The molecule has 0 aliphatic rings. The topological polar surface area (TPSA) is 69.4 Å². The van der Waals surface area contributed by atoms with Crippen LogP contribution in [0.2, 0.25) is 0 Å². The summed E-state index contributed by atoms with van der Waals surface area (Å²) in [6.45, 7) is 5.37. The number of Topliss-reactive ketones (excluding diaryl/α,β-unsaturated/α-hetero) is 1. The predicted octanol–water partition coefficient (Wildman–Crippen LogP) is 1.29. The Morgan fingerprint density at radius 1 is 1.19 bits per heavy atom. The van der Waals surface area contributed by atoms with Crippen LogP contribution in [-0.2, 0) is 4.79 Å². The van der Waals surface area contributed by atoms with Crippen LogP contribution in [0.3, 0.4) is 0 Å². The highest BCUT2D eigenvalue weighted by Crippen LogP contribution is 2.27. The maximum absolute atomic E-state index is 11.6. The summed E-state index contributed by atoms with van der Waals surface area (Å²) in [6, 6.07) is 1.73. The Kier molecular flexibility index (Phi) is 3.32. The predicted molar refractivity (Wildman–Crippen MR) is 60.7 cm³/mol. The molecule has 16 heavy (non-hydrogen) atoms. The van der Waals surface area contributed by atoms with Crippen molar-refractivity contribution in [3.05, 3.63) is 28.3 Å². The van der Waals surface area contributed by atoms with Crippen LogP contribution in [-0.4, -0.2) is 18.8 Å². The van der Waals surface area contributed by atoms with E-state index in [4.69, 9.17) is 10.5 Å². The third-order valence-electron chi connectivity index (χ3n) is 2.72. The molecule has 0 spiro atoms. The van der Waals surface area contributed by atoms with Gasteiger partial charge in [-0.25, -0.2) is 0 Å². The average Bonchev–Trinajstić information content (AvgIpc) is 2.23. The second-order valence-electron chi connectivity index (χ2n) is 3.71. The molecule has 0 saturated heterocycles. The van der Waals surface area contributed by atoms with Crippen molar-refractivity contribution in [2.24, 2.45) is 5.73 Å². The van der Waals surface area contributed by atoms with Gasteiger partial charge < -0.3 is 10.5 Å². The Hall–Kier alpha value is -1.84. The molecule has 0 fully saturated rings. The maximum atomic E-state index is 11.6. The summed E-state index contributed by atoms with van der Waals surface area (Å²) in [6.07, 6.45) is 0. The van der Waals surface area contributed by atoms with Gasteiger partial charge in [-0.15, -0.1) is 0 Å². The van der Waals surface area contributed by atoms with Crippen molar-refractivity contribution in [3.8, 4) is 5.75 Å². The van der Waals surface area contributed by atoms with Crippen molar-refractivity contribution in [3.63, 3.8) is 0 Å². The number of hydrogen-bond donors (Lipinski definition) is 1. The van der Waals surface area contributed by atoms with Crippen molar-refractivity contribution >= 4 is 11.7 Å². The molecule has 1 rings (SSSR count). The van der Waals surface area contributed by atoms with E-state index in [1.165, 1.54) is 0 Å². The van der Waals surface area contributed by atoms with Gasteiger partial charge in [0.2, 0.25) is 5.78 Å². The summed E-state index contributed by atoms with van der Waals surface area (Å²) < 4.78 is 5.17. The third-order valence-corrected chi connectivity index (χ3v) is 2.72. The van der Waals surface area contributed by atoms with Gasteiger partial charge in [-0.05, 0) is 43.5 Å². The van der Waals surface area contributed by atoms with Gasteiger partial charge in [-0.1, -0.05) is 0 Å². The number of hydrogen-bond acceptors (Lipinski definition) is 3. The van der Waals surface area contributed by atoms with E-state index in [9.17, 15) is 9.59 Å². The number of carbonyl (C=O) groups excluding carboxylic acids is 2. The Morgan fingerprint density at radius 2 is 1.75 bits per heavy atom. The zero-order chi connectivity index (χ0) is 12.5. The lowest BCUT2D eigenvalue weighted by Gasteiger charge is -2.13. The van der Waals surface area contributed by atoms with Crippen LogP contribution in [0.5, 0.6) is 5.75 Å². The number of methoxy groups -OCH3 is 1. The molecular weight excluding hydrogens is 206 g/mol. The first-order valence-electron chi connectivity index (χ1n) is 4.89. The number of ether oxygens (including phenoxy) is 1. The third kappa shape index (κ3) is 1.91. The molecule has 1 amide bonds. The van der Waals surface area contributed by atoms with Crippen molar-refractivity contribution in [1.29, 1.82) is 0 Å². The van der Waals surface area contributed by atoms with Crippen LogP contribution in [0, 0.1) is 20.8 Å². The lowest BCUT2D eigenvalue weighted by molar-refractivity contribution is -0.114. The van der Waals surface area contributed by atoms with Gasteiger partial charge in [0, 0.05) is 5.56 Å². The van der Waals surface area contributed by atoms with Gasteiger partial charge in [0.25, 0.3) is 5.91 Å². The fourth-order valence-corrected chi connectivity index (χ4v) is 1.73. The first-order chi connectivity index (χ1) is 7.40. The van der Waals surface area contributed by atoms with Gasteiger partial charge in [0.1, 0.15) is 5.75 Å². The molecular formula is C12H15NO3. The fraction of sp³-hybridized carbons (Fsp3) is 0.333. The molecule has 1 aromatic carbocycles. The molecule has 2 N–H and O–H groups in total. The van der Waals surface area contributed by atoms with Crippen molar-refractivity contribution in [2.75, 3.05) is 7.11 Å². The number of benzene rings is 1. The lowest BCUT2D eigenvalue weighted by atomic mass is 9.94. The molecule has 0 radical (unpaired) electrons. The van der Waals surface area contributed by atoms with E-state index >= 15 is 0 Å². The van der Waals surface area contributed by atoms with E-state index < -0.39 is 11.7 Å². The molecule has 0 aliphatic heterocycles. The highest BCUT2D eigenvalue weighted by Gasteiger charge is 2.20. The summed E-state index contributed by atoms with van der Waals surface area (Å²) in [7, 11) is 1.57. The van der Waals surface area contributed by atoms with Crippen molar-refractivity contribution in [2.45, 2.75) is 20.8 Å². The molecule has 0 aromatic heterocycles. The Balaban J connectivity index is 3.48. The maximum Gasteiger partial charge on any atom is 0.289 e. The highest BCUT2D eigenvalue weighted by molar-refractivity contribution is 6.43. The highest BCUT2D eigenvalue weighted by atomic mass is 16.5. The van der Waals surface area contributed by atoms with Gasteiger partial charge >= 0.3 is 0 Å². The van der Waals surface area contributed by atoms with Crippen LogP contribution in [0.4, 0.5) is 0 Å². The van der Waals surface area contributed by atoms with Crippen LogP contribution in [0.1, 0.15) is 27.0 Å². The monoisotopic (exact) mass is 221 g/mol. The summed E-state index contributed by atoms with van der Waals surface area (Å²) in [5, 5.41) is 0. The zero-order valence-electron chi connectivity index (χ0n) is 9.88. The summed E-state index contributed by atoms with van der Waals surface area (Å²) in [5.74, 6) is -0.882. The number of amides is 1. The van der Waals surface area contributed by atoms with Gasteiger partial charge in [0.05, 0.1) is 7.11 Å². The minimum Gasteiger partial charge on any atom is -0.496 e.